The first kappa shape index (κ1) is 21.8. The summed E-state index contributed by atoms with van der Waals surface area (Å²) < 4.78 is 5.42. The molecule has 1 aliphatic rings. The van der Waals surface area contributed by atoms with Crippen molar-refractivity contribution in [1.82, 2.24) is 4.98 Å². The van der Waals surface area contributed by atoms with Crippen molar-refractivity contribution in [3.8, 4) is 16.3 Å². The molecule has 1 unspecified atom stereocenters. The molecule has 6 nitrogen and oxygen atoms in total. The highest BCUT2D eigenvalue weighted by Gasteiger charge is 2.46. The molecule has 4 rings (SSSR count). The Labute approximate surface area is 190 Å². The van der Waals surface area contributed by atoms with Gasteiger partial charge in [0.2, 0.25) is 5.88 Å². The van der Waals surface area contributed by atoms with Gasteiger partial charge in [-0.2, -0.15) is 0 Å². The van der Waals surface area contributed by atoms with Crippen LogP contribution in [0.15, 0.2) is 66.1 Å². The molecule has 0 spiro atoms. The van der Waals surface area contributed by atoms with Crippen LogP contribution in [0.25, 0.3) is 10.4 Å². The molecule has 2 aromatic heterocycles. The molecular formula is C25H24N2O4S. The Hall–Kier alpha value is -3.45. The predicted octanol–water partition coefficient (Wildman–Crippen LogP) is 5.25. The number of pyridine rings is 1. The lowest BCUT2D eigenvalue weighted by Gasteiger charge is -2.28. The van der Waals surface area contributed by atoms with Crippen molar-refractivity contribution >= 4 is 28.7 Å². The summed E-state index contributed by atoms with van der Waals surface area (Å²) in [6.07, 6.45) is 1.58. The number of methoxy groups -OCH3 is 1. The fraction of sp³-hybridized carbons (Fsp3) is 0.240. The highest BCUT2D eigenvalue weighted by Crippen LogP contribution is 2.44. The van der Waals surface area contributed by atoms with Gasteiger partial charge in [0.05, 0.1) is 12.7 Å². The molecule has 0 bridgehead atoms. The topological polar surface area (TPSA) is 79.7 Å². The number of ether oxygens (including phenoxy) is 1. The van der Waals surface area contributed by atoms with E-state index in [0.717, 1.165) is 10.4 Å². The number of nitrogens with zero attached hydrogens (tertiary/aromatic N) is 2. The Morgan fingerprint density at radius 2 is 1.88 bits per heavy atom. The number of hydrogen-bond acceptors (Lipinski definition) is 6. The number of ketones is 1. The maximum atomic E-state index is 13.2. The highest BCUT2D eigenvalue weighted by atomic mass is 32.1. The van der Waals surface area contributed by atoms with Crippen LogP contribution in [0.4, 0.5) is 5.69 Å². The minimum Gasteiger partial charge on any atom is -0.503 e. The summed E-state index contributed by atoms with van der Waals surface area (Å²) in [4.78, 5) is 34.3. The quantitative estimate of drug-likeness (QED) is 0.557. The van der Waals surface area contributed by atoms with E-state index in [9.17, 15) is 14.7 Å². The molecule has 1 N–H and O–H groups in total. The van der Waals surface area contributed by atoms with E-state index in [4.69, 9.17) is 4.74 Å². The van der Waals surface area contributed by atoms with E-state index in [1.807, 2.05) is 24.3 Å². The van der Waals surface area contributed by atoms with E-state index >= 15 is 0 Å². The first-order valence-corrected chi connectivity index (χ1v) is 11.1. The lowest BCUT2D eigenvalue weighted by Crippen LogP contribution is -2.31. The SMILES string of the molecule is COc1ncccc1C1C(C(=O)C(C)C)=C(O)C(=O)N1c1ccc(-c2ccc(C)s2)cc1. The summed E-state index contributed by atoms with van der Waals surface area (Å²) in [7, 11) is 1.48. The van der Waals surface area contributed by atoms with Gasteiger partial charge in [-0.15, -0.1) is 11.3 Å². The van der Waals surface area contributed by atoms with Gasteiger partial charge in [-0.25, -0.2) is 4.98 Å². The molecule has 164 valence electrons. The molecule has 0 saturated carbocycles. The molecule has 0 aliphatic carbocycles. The fourth-order valence-corrected chi connectivity index (χ4v) is 4.76. The summed E-state index contributed by atoms with van der Waals surface area (Å²) in [6, 6.07) is 14.3. The second-order valence-corrected chi connectivity index (χ2v) is 9.21. The number of thiophene rings is 1. The third kappa shape index (κ3) is 3.69. The average Bonchev–Trinajstić information content (AvgIpc) is 3.34. The third-order valence-corrected chi connectivity index (χ3v) is 6.51. The number of hydrogen-bond donors (Lipinski definition) is 1. The van der Waals surface area contributed by atoms with Crippen LogP contribution in [0, 0.1) is 12.8 Å². The first-order valence-electron chi connectivity index (χ1n) is 10.3. The van der Waals surface area contributed by atoms with Crippen molar-refractivity contribution in [2.24, 2.45) is 5.92 Å². The molecule has 1 amide bonds. The van der Waals surface area contributed by atoms with Crippen molar-refractivity contribution in [3.63, 3.8) is 0 Å². The van der Waals surface area contributed by atoms with E-state index in [0.29, 0.717) is 17.1 Å². The predicted molar refractivity (Wildman–Crippen MR) is 125 cm³/mol. The van der Waals surface area contributed by atoms with Crippen LogP contribution < -0.4 is 9.64 Å². The maximum absolute atomic E-state index is 13.2. The average molecular weight is 449 g/mol. The van der Waals surface area contributed by atoms with E-state index in [-0.39, 0.29) is 11.4 Å². The van der Waals surface area contributed by atoms with E-state index in [1.165, 1.54) is 16.9 Å². The van der Waals surface area contributed by atoms with E-state index < -0.39 is 23.6 Å². The number of amides is 1. The van der Waals surface area contributed by atoms with Crippen LogP contribution in [0.2, 0.25) is 0 Å². The van der Waals surface area contributed by atoms with Crippen molar-refractivity contribution < 1.29 is 19.4 Å². The molecule has 1 aromatic carbocycles. The Kier molecular flexibility index (Phi) is 5.84. The number of carbonyl (C=O) groups is 2. The Balaban J connectivity index is 1.83. The van der Waals surface area contributed by atoms with Crippen molar-refractivity contribution in [1.29, 1.82) is 0 Å². The van der Waals surface area contributed by atoms with Gasteiger partial charge in [0, 0.05) is 33.1 Å². The number of aryl methyl sites for hydroxylation is 1. The zero-order valence-electron chi connectivity index (χ0n) is 18.3. The minimum absolute atomic E-state index is 0.0641. The standard InChI is InChI=1S/C25H24N2O4S/c1-14(2)22(28)20-21(18-6-5-13-26-24(18)31-4)27(25(30)23(20)29)17-10-8-16(9-11-17)19-12-7-15(3)32-19/h5-14,21,29H,1-4H3. The van der Waals surface area contributed by atoms with Gasteiger partial charge in [-0.05, 0) is 48.9 Å². The summed E-state index contributed by atoms with van der Waals surface area (Å²) in [5.74, 6) is -1.54. The minimum atomic E-state index is -0.837. The zero-order valence-corrected chi connectivity index (χ0v) is 19.1. The molecule has 32 heavy (non-hydrogen) atoms. The van der Waals surface area contributed by atoms with Gasteiger partial charge < -0.3 is 9.84 Å². The van der Waals surface area contributed by atoms with Crippen molar-refractivity contribution in [3.05, 3.63) is 76.5 Å². The monoisotopic (exact) mass is 448 g/mol. The molecule has 0 fully saturated rings. The fourth-order valence-electron chi connectivity index (χ4n) is 3.89. The van der Waals surface area contributed by atoms with Crippen molar-refractivity contribution in [2.45, 2.75) is 26.8 Å². The molecule has 1 aliphatic heterocycles. The number of carbonyl (C=O) groups excluding carboxylic acids is 2. The summed E-state index contributed by atoms with van der Waals surface area (Å²) in [6.45, 7) is 5.54. The number of aliphatic hydroxyl groups excluding tert-OH is 1. The summed E-state index contributed by atoms with van der Waals surface area (Å²) >= 11 is 1.69. The van der Waals surface area contributed by atoms with Crippen LogP contribution in [-0.2, 0) is 9.59 Å². The molecule has 7 heteroatoms. The number of Topliss-reactive ketones (excluding diaryl/α,β-unsaturated/α-hetero) is 1. The summed E-state index contributed by atoms with van der Waals surface area (Å²) in [5, 5.41) is 10.7. The zero-order chi connectivity index (χ0) is 23.0. The van der Waals surface area contributed by atoms with E-state index in [2.05, 4.69) is 24.0 Å². The first-order chi connectivity index (χ1) is 15.3. The van der Waals surface area contributed by atoms with Crippen LogP contribution in [0.3, 0.4) is 0 Å². The lowest BCUT2D eigenvalue weighted by molar-refractivity contribution is -0.119. The van der Waals surface area contributed by atoms with Gasteiger partial charge in [0.1, 0.15) is 6.04 Å². The molecule has 0 radical (unpaired) electrons. The normalized spacial score (nSPS) is 16.2. The van der Waals surface area contributed by atoms with Gasteiger partial charge in [-0.3, -0.25) is 14.5 Å². The van der Waals surface area contributed by atoms with Crippen LogP contribution in [0.5, 0.6) is 5.88 Å². The van der Waals surface area contributed by atoms with Gasteiger partial charge in [-0.1, -0.05) is 26.0 Å². The molecule has 0 saturated heterocycles. The Bertz CT molecular complexity index is 1210. The van der Waals surface area contributed by atoms with Crippen LogP contribution >= 0.6 is 11.3 Å². The lowest BCUT2D eigenvalue weighted by atomic mass is 9.91. The van der Waals surface area contributed by atoms with Gasteiger partial charge in [0.15, 0.2) is 11.5 Å². The molecule has 1 atom stereocenters. The number of anilines is 1. The van der Waals surface area contributed by atoms with E-state index in [1.54, 1.807) is 43.5 Å². The molecule has 3 aromatic rings. The smallest absolute Gasteiger partial charge is 0.294 e. The largest absolute Gasteiger partial charge is 0.503 e. The molecule has 3 heterocycles. The van der Waals surface area contributed by atoms with Crippen LogP contribution in [0.1, 0.15) is 30.3 Å². The third-order valence-electron chi connectivity index (χ3n) is 5.46. The number of rotatable bonds is 6. The second kappa shape index (κ2) is 8.59. The Morgan fingerprint density at radius 1 is 1.16 bits per heavy atom. The Morgan fingerprint density at radius 3 is 2.47 bits per heavy atom. The molecular weight excluding hydrogens is 424 g/mol. The number of aliphatic hydroxyl groups is 1. The number of benzene rings is 1. The van der Waals surface area contributed by atoms with Crippen molar-refractivity contribution in [2.75, 3.05) is 12.0 Å². The van der Waals surface area contributed by atoms with Gasteiger partial charge in [0.25, 0.3) is 5.91 Å². The summed E-state index contributed by atoms with van der Waals surface area (Å²) in [5.41, 5.74) is 2.20. The number of aromatic nitrogens is 1. The van der Waals surface area contributed by atoms with Crippen LogP contribution in [-0.4, -0.2) is 28.9 Å². The van der Waals surface area contributed by atoms with Gasteiger partial charge >= 0.3 is 0 Å². The second-order valence-electron chi connectivity index (χ2n) is 7.92. The maximum Gasteiger partial charge on any atom is 0.294 e. The highest BCUT2D eigenvalue weighted by molar-refractivity contribution is 7.15.